The van der Waals surface area contributed by atoms with Crippen molar-refractivity contribution >= 4 is 17.7 Å². The van der Waals surface area contributed by atoms with Gasteiger partial charge >= 0.3 is 0 Å². The average Bonchev–Trinajstić information content (AvgIpc) is 2.71. The van der Waals surface area contributed by atoms with Gasteiger partial charge in [0.2, 0.25) is 5.91 Å². The molecule has 0 aromatic heterocycles. The summed E-state index contributed by atoms with van der Waals surface area (Å²) in [5.74, 6) is -0.590. The average molecular weight is 323 g/mol. The minimum absolute atomic E-state index is 0.0590. The Balaban J connectivity index is 1.74. The van der Waals surface area contributed by atoms with E-state index in [9.17, 15) is 14.4 Å². The maximum atomic E-state index is 11.9. The molecule has 23 heavy (non-hydrogen) atoms. The quantitative estimate of drug-likeness (QED) is 0.684. The summed E-state index contributed by atoms with van der Waals surface area (Å²) in [7, 11) is 0. The van der Waals surface area contributed by atoms with E-state index in [0.29, 0.717) is 24.6 Å². The van der Waals surface area contributed by atoms with Gasteiger partial charge in [0.05, 0.1) is 12.7 Å². The van der Waals surface area contributed by atoms with Crippen LogP contribution in [0.15, 0.2) is 11.6 Å². The molecular formula is C16H25N3O4. The highest BCUT2D eigenvalue weighted by molar-refractivity contribution is 6.17. The summed E-state index contributed by atoms with van der Waals surface area (Å²) >= 11 is 0. The van der Waals surface area contributed by atoms with Crippen LogP contribution in [0.5, 0.6) is 0 Å². The van der Waals surface area contributed by atoms with E-state index in [-0.39, 0.29) is 18.6 Å². The predicted octanol–water partition coefficient (Wildman–Crippen LogP) is -0.225. The fraction of sp³-hybridized carbons (Fsp3) is 0.688. The SMILES string of the molecule is CC1=CC(=O)N(CC(=O)NC[C@@H]2CN(CC(C)C)CCO2)C1=O. The van der Waals surface area contributed by atoms with Crippen molar-refractivity contribution in [1.29, 1.82) is 0 Å². The number of ether oxygens (including phenoxy) is 1. The molecule has 2 aliphatic rings. The Labute approximate surface area is 136 Å². The molecular weight excluding hydrogens is 298 g/mol. The number of morpholine rings is 1. The molecule has 2 aliphatic heterocycles. The molecule has 128 valence electrons. The molecule has 0 spiro atoms. The normalized spacial score (nSPS) is 22.7. The molecule has 0 aromatic carbocycles. The van der Waals surface area contributed by atoms with Gasteiger partial charge in [-0.2, -0.15) is 0 Å². The van der Waals surface area contributed by atoms with Gasteiger partial charge in [0, 0.05) is 37.8 Å². The summed E-state index contributed by atoms with van der Waals surface area (Å²) in [5, 5.41) is 2.75. The van der Waals surface area contributed by atoms with Crippen LogP contribution >= 0.6 is 0 Å². The van der Waals surface area contributed by atoms with Crippen molar-refractivity contribution in [3.63, 3.8) is 0 Å². The molecule has 2 rings (SSSR count). The van der Waals surface area contributed by atoms with E-state index in [2.05, 4.69) is 24.1 Å². The second kappa shape index (κ2) is 7.70. The summed E-state index contributed by atoms with van der Waals surface area (Å²) in [6, 6.07) is 0. The third kappa shape index (κ3) is 4.87. The molecule has 0 saturated carbocycles. The van der Waals surface area contributed by atoms with Crippen LogP contribution in [0.3, 0.4) is 0 Å². The number of nitrogens with one attached hydrogen (secondary N) is 1. The first kappa shape index (κ1) is 17.6. The zero-order chi connectivity index (χ0) is 17.0. The Hall–Kier alpha value is -1.73. The largest absolute Gasteiger partial charge is 0.374 e. The van der Waals surface area contributed by atoms with E-state index in [1.54, 1.807) is 6.92 Å². The van der Waals surface area contributed by atoms with Gasteiger partial charge in [-0.1, -0.05) is 13.8 Å². The maximum absolute atomic E-state index is 11.9. The molecule has 3 amide bonds. The Morgan fingerprint density at radius 1 is 1.43 bits per heavy atom. The zero-order valence-corrected chi connectivity index (χ0v) is 14.0. The van der Waals surface area contributed by atoms with Crippen molar-refractivity contribution in [2.45, 2.75) is 26.9 Å². The highest BCUT2D eigenvalue weighted by Crippen LogP contribution is 2.11. The molecule has 2 heterocycles. The Bertz CT molecular complexity index is 515. The summed E-state index contributed by atoms with van der Waals surface area (Å²) in [6.45, 7) is 9.40. The van der Waals surface area contributed by atoms with Crippen molar-refractivity contribution in [2.75, 3.05) is 39.3 Å². The van der Waals surface area contributed by atoms with Crippen LogP contribution in [-0.2, 0) is 19.1 Å². The molecule has 1 atom stereocenters. The van der Waals surface area contributed by atoms with Crippen LogP contribution < -0.4 is 5.32 Å². The maximum Gasteiger partial charge on any atom is 0.257 e. The molecule has 1 N–H and O–H groups in total. The molecule has 0 bridgehead atoms. The van der Waals surface area contributed by atoms with Gasteiger partial charge in [0.15, 0.2) is 0 Å². The van der Waals surface area contributed by atoms with Crippen molar-refractivity contribution in [3.8, 4) is 0 Å². The fourth-order valence-corrected chi connectivity index (χ4v) is 2.80. The summed E-state index contributed by atoms with van der Waals surface area (Å²) < 4.78 is 5.66. The molecule has 0 radical (unpaired) electrons. The minimum atomic E-state index is -0.431. The van der Waals surface area contributed by atoms with Gasteiger partial charge in [0.25, 0.3) is 11.8 Å². The van der Waals surface area contributed by atoms with E-state index >= 15 is 0 Å². The van der Waals surface area contributed by atoms with Gasteiger partial charge in [-0.25, -0.2) is 0 Å². The van der Waals surface area contributed by atoms with Crippen molar-refractivity contribution in [2.24, 2.45) is 5.92 Å². The Kier molecular flexibility index (Phi) is 5.90. The summed E-state index contributed by atoms with van der Waals surface area (Å²) in [4.78, 5) is 38.6. The first-order chi connectivity index (χ1) is 10.9. The molecule has 1 fully saturated rings. The van der Waals surface area contributed by atoms with Crippen molar-refractivity contribution < 1.29 is 19.1 Å². The molecule has 0 unspecified atom stereocenters. The number of imide groups is 1. The molecule has 7 nitrogen and oxygen atoms in total. The van der Waals surface area contributed by atoms with Crippen molar-refractivity contribution in [3.05, 3.63) is 11.6 Å². The number of rotatable bonds is 6. The predicted molar refractivity (Wildman–Crippen MR) is 84.5 cm³/mol. The van der Waals surface area contributed by atoms with E-state index in [0.717, 1.165) is 24.5 Å². The lowest BCUT2D eigenvalue weighted by Crippen LogP contribution is -2.49. The molecule has 0 aliphatic carbocycles. The highest BCUT2D eigenvalue weighted by atomic mass is 16.5. The van der Waals surface area contributed by atoms with Crippen LogP contribution in [0.1, 0.15) is 20.8 Å². The summed E-state index contributed by atoms with van der Waals surface area (Å²) in [5.41, 5.74) is 0.364. The number of carbonyl (C=O) groups is 3. The van der Waals surface area contributed by atoms with E-state index in [1.807, 2.05) is 0 Å². The number of hydrogen-bond donors (Lipinski definition) is 1. The first-order valence-corrected chi connectivity index (χ1v) is 8.01. The monoisotopic (exact) mass is 323 g/mol. The number of amides is 3. The number of nitrogens with zero attached hydrogens (tertiary/aromatic N) is 2. The lowest BCUT2D eigenvalue weighted by atomic mass is 10.2. The second-order valence-corrected chi connectivity index (χ2v) is 6.51. The van der Waals surface area contributed by atoms with Crippen LogP contribution in [0.2, 0.25) is 0 Å². The van der Waals surface area contributed by atoms with Crippen LogP contribution in [0, 0.1) is 5.92 Å². The standard InChI is InChI=1S/C16H25N3O4/c1-11(2)8-18-4-5-23-13(9-18)7-17-14(20)10-19-15(21)6-12(3)16(19)22/h6,11,13H,4-5,7-10H2,1-3H3,(H,17,20)/t13-/m1/s1. The third-order valence-electron chi connectivity index (χ3n) is 3.86. The fourth-order valence-electron chi connectivity index (χ4n) is 2.80. The molecule has 0 aromatic rings. The van der Waals surface area contributed by atoms with Gasteiger partial charge in [-0.05, 0) is 12.8 Å². The molecule has 1 saturated heterocycles. The van der Waals surface area contributed by atoms with E-state index in [4.69, 9.17) is 4.74 Å². The molecule has 7 heteroatoms. The zero-order valence-electron chi connectivity index (χ0n) is 14.0. The highest BCUT2D eigenvalue weighted by Gasteiger charge is 2.30. The third-order valence-corrected chi connectivity index (χ3v) is 3.86. The van der Waals surface area contributed by atoms with Crippen molar-refractivity contribution in [1.82, 2.24) is 15.1 Å². The van der Waals surface area contributed by atoms with E-state index < -0.39 is 11.8 Å². The lowest BCUT2D eigenvalue weighted by Gasteiger charge is -2.34. The van der Waals surface area contributed by atoms with Crippen LogP contribution in [0.4, 0.5) is 0 Å². The second-order valence-electron chi connectivity index (χ2n) is 6.51. The van der Waals surface area contributed by atoms with Crippen LogP contribution in [-0.4, -0.2) is 73.0 Å². The van der Waals surface area contributed by atoms with E-state index in [1.165, 1.54) is 6.08 Å². The summed E-state index contributed by atoms with van der Waals surface area (Å²) in [6.07, 6.45) is 1.19. The topological polar surface area (TPSA) is 79.0 Å². The van der Waals surface area contributed by atoms with Crippen LogP contribution in [0.25, 0.3) is 0 Å². The van der Waals surface area contributed by atoms with Gasteiger partial charge in [0.1, 0.15) is 6.54 Å². The van der Waals surface area contributed by atoms with Gasteiger partial charge in [-0.15, -0.1) is 0 Å². The lowest BCUT2D eigenvalue weighted by molar-refractivity contribution is -0.141. The number of hydrogen-bond acceptors (Lipinski definition) is 5. The first-order valence-electron chi connectivity index (χ1n) is 8.01. The Morgan fingerprint density at radius 3 is 2.78 bits per heavy atom. The minimum Gasteiger partial charge on any atom is -0.374 e. The van der Waals surface area contributed by atoms with Gasteiger partial charge in [-0.3, -0.25) is 24.2 Å². The Morgan fingerprint density at radius 2 is 2.17 bits per heavy atom. The smallest absolute Gasteiger partial charge is 0.257 e. The number of carbonyl (C=O) groups excluding carboxylic acids is 3. The van der Waals surface area contributed by atoms with Gasteiger partial charge < -0.3 is 10.1 Å².